The highest BCUT2D eigenvalue weighted by Gasteiger charge is 2.13. The number of aliphatic hydroxyl groups excluding tert-OH is 1. The summed E-state index contributed by atoms with van der Waals surface area (Å²) < 4.78 is 4.17. The van der Waals surface area contributed by atoms with Gasteiger partial charge in [0.15, 0.2) is 0 Å². The summed E-state index contributed by atoms with van der Waals surface area (Å²) in [5.74, 6) is 0.235. The molecule has 1 atom stereocenters. The van der Waals surface area contributed by atoms with Crippen LogP contribution < -0.4 is 0 Å². The van der Waals surface area contributed by atoms with Gasteiger partial charge in [-0.2, -0.15) is 5.10 Å². The fourth-order valence-corrected chi connectivity index (χ4v) is 2.39. The van der Waals surface area contributed by atoms with Crippen molar-refractivity contribution in [1.29, 1.82) is 0 Å². The van der Waals surface area contributed by atoms with Gasteiger partial charge in [0.2, 0.25) is 0 Å². The molecule has 0 fully saturated rings. The topological polar surface area (TPSA) is 43.0 Å². The summed E-state index contributed by atoms with van der Waals surface area (Å²) in [5, 5.41) is 14.7. The SMILES string of the molecule is CCc1cc(Cn2ccc(C(O)C(C)C)c2)n(CC)n1. The van der Waals surface area contributed by atoms with Gasteiger partial charge in [-0.25, -0.2) is 0 Å². The molecule has 4 nitrogen and oxygen atoms in total. The Kier molecular flexibility index (Phi) is 4.65. The van der Waals surface area contributed by atoms with Crippen LogP contribution in [0.3, 0.4) is 0 Å². The van der Waals surface area contributed by atoms with E-state index in [-0.39, 0.29) is 5.92 Å². The minimum absolute atomic E-state index is 0.235. The Bertz CT molecular complexity index is 554. The van der Waals surface area contributed by atoms with Crippen LogP contribution in [-0.2, 0) is 19.5 Å². The first kappa shape index (κ1) is 14.9. The van der Waals surface area contributed by atoms with Crippen LogP contribution in [-0.4, -0.2) is 19.5 Å². The number of aliphatic hydroxyl groups is 1. The Morgan fingerprint density at radius 3 is 2.65 bits per heavy atom. The van der Waals surface area contributed by atoms with Crippen LogP contribution in [0.1, 0.15) is 50.8 Å². The van der Waals surface area contributed by atoms with Gasteiger partial charge in [0.25, 0.3) is 0 Å². The molecule has 0 spiro atoms. The maximum Gasteiger partial charge on any atom is 0.0827 e. The molecule has 1 unspecified atom stereocenters. The normalized spacial score (nSPS) is 13.1. The molecule has 2 aromatic heterocycles. The molecular formula is C16H25N3O. The molecule has 0 aliphatic heterocycles. The fourth-order valence-electron chi connectivity index (χ4n) is 2.39. The molecule has 0 radical (unpaired) electrons. The third kappa shape index (κ3) is 3.12. The van der Waals surface area contributed by atoms with Crippen molar-refractivity contribution in [3.63, 3.8) is 0 Å². The van der Waals surface area contributed by atoms with Crippen LogP contribution in [0.25, 0.3) is 0 Å². The Morgan fingerprint density at radius 1 is 1.30 bits per heavy atom. The van der Waals surface area contributed by atoms with Crippen LogP contribution >= 0.6 is 0 Å². The molecule has 2 rings (SSSR count). The quantitative estimate of drug-likeness (QED) is 0.880. The highest BCUT2D eigenvalue weighted by atomic mass is 16.3. The Labute approximate surface area is 121 Å². The van der Waals surface area contributed by atoms with Crippen molar-refractivity contribution in [1.82, 2.24) is 14.3 Å². The molecule has 2 aromatic rings. The minimum Gasteiger partial charge on any atom is -0.388 e. The molecule has 0 aliphatic rings. The zero-order chi connectivity index (χ0) is 14.7. The lowest BCUT2D eigenvalue weighted by Crippen LogP contribution is -2.07. The van der Waals surface area contributed by atoms with Crippen molar-refractivity contribution in [3.8, 4) is 0 Å². The molecule has 0 bridgehead atoms. The summed E-state index contributed by atoms with van der Waals surface area (Å²) >= 11 is 0. The summed E-state index contributed by atoms with van der Waals surface area (Å²) in [6, 6.07) is 4.17. The van der Waals surface area contributed by atoms with Gasteiger partial charge in [-0.1, -0.05) is 20.8 Å². The number of hydrogen-bond donors (Lipinski definition) is 1. The lowest BCUT2D eigenvalue weighted by Gasteiger charge is -2.12. The van der Waals surface area contributed by atoms with Gasteiger partial charge < -0.3 is 9.67 Å². The average Bonchev–Trinajstić information content (AvgIpc) is 3.04. The van der Waals surface area contributed by atoms with Gasteiger partial charge in [0, 0.05) is 18.9 Å². The maximum atomic E-state index is 10.1. The maximum absolute atomic E-state index is 10.1. The lowest BCUT2D eigenvalue weighted by molar-refractivity contribution is 0.127. The second-order valence-corrected chi connectivity index (χ2v) is 5.60. The zero-order valence-electron chi connectivity index (χ0n) is 12.9. The summed E-state index contributed by atoms with van der Waals surface area (Å²) in [6.45, 7) is 9.98. The predicted molar refractivity (Wildman–Crippen MR) is 80.6 cm³/mol. The van der Waals surface area contributed by atoms with E-state index >= 15 is 0 Å². The van der Waals surface area contributed by atoms with Crippen LogP contribution in [0.2, 0.25) is 0 Å². The standard InChI is InChI=1S/C16H25N3O/c1-5-14-9-15(19(6-2)17-14)11-18-8-7-13(10-18)16(20)12(3)4/h7-10,12,16,20H,5-6,11H2,1-4H3. The largest absolute Gasteiger partial charge is 0.388 e. The van der Waals surface area contributed by atoms with Gasteiger partial charge in [-0.3, -0.25) is 4.68 Å². The van der Waals surface area contributed by atoms with Crippen molar-refractivity contribution in [2.75, 3.05) is 0 Å². The zero-order valence-corrected chi connectivity index (χ0v) is 12.9. The molecule has 0 saturated heterocycles. The first-order chi connectivity index (χ1) is 9.55. The Morgan fingerprint density at radius 2 is 2.05 bits per heavy atom. The Balaban J connectivity index is 2.16. The van der Waals surface area contributed by atoms with Crippen molar-refractivity contribution < 1.29 is 5.11 Å². The molecule has 2 heterocycles. The van der Waals surface area contributed by atoms with Crippen molar-refractivity contribution >= 4 is 0 Å². The van der Waals surface area contributed by atoms with Gasteiger partial charge >= 0.3 is 0 Å². The van der Waals surface area contributed by atoms with Gasteiger partial charge in [0.05, 0.1) is 24.0 Å². The lowest BCUT2D eigenvalue weighted by atomic mass is 10.0. The van der Waals surface area contributed by atoms with E-state index in [1.807, 2.05) is 32.3 Å². The number of aromatic nitrogens is 3. The Hall–Kier alpha value is -1.55. The number of aryl methyl sites for hydroxylation is 2. The van der Waals surface area contributed by atoms with Crippen LogP contribution in [0.5, 0.6) is 0 Å². The second-order valence-electron chi connectivity index (χ2n) is 5.60. The van der Waals surface area contributed by atoms with Gasteiger partial charge in [-0.15, -0.1) is 0 Å². The summed E-state index contributed by atoms with van der Waals surface area (Å²) in [5.41, 5.74) is 3.33. The highest BCUT2D eigenvalue weighted by molar-refractivity contribution is 5.17. The molecule has 0 amide bonds. The molecular weight excluding hydrogens is 250 g/mol. The van der Waals surface area contributed by atoms with E-state index < -0.39 is 6.10 Å². The van der Waals surface area contributed by atoms with Crippen molar-refractivity contribution in [2.45, 2.75) is 53.3 Å². The predicted octanol–water partition coefficient (Wildman–Crippen LogP) is 3.00. The first-order valence-electron chi connectivity index (χ1n) is 7.44. The average molecular weight is 275 g/mol. The smallest absolute Gasteiger partial charge is 0.0827 e. The van der Waals surface area contributed by atoms with E-state index in [0.717, 1.165) is 30.8 Å². The van der Waals surface area contributed by atoms with E-state index in [9.17, 15) is 5.11 Å². The number of nitrogens with zero attached hydrogens (tertiary/aromatic N) is 3. The second kappa shape index (κ2) is 6.27. The summed E-state index contributed by atoms with van der Waals surface area (Å²) in [6.07, 6.45) is 4.63. The van der Waals surface area contributed by atoms with Crippen molar-refractivity contribution in [3.05, 3.63) is 41.5 Å². The summed E-state index contributed by atoms with van der Waals surface area (Å²) in [4.78, 5) is 0. The van der Waals surface area contributed by atoms with Crippen molar-refractivity contribution in [2.24, 2.45) is 5.92 Å². The molecule has 0 aromatic carbocycles. The third-order valence-corrected chi connectivity index (χ3v) is 3.67. The number of rotatable bonds is 6. The van der Waals surface area contributed by atoms with Gasteiger partial charge in [-0.05, 0) is 37.0 Å². The molecule has 0 saturated carbocycles. The van der Waals surface area contributed by atoms with Crippen LogP contribution in [0.15, 0.2) is 24.5 Å². The van der Waals surface area contributed by atoms with E-state index in [1.165, 1.54) is 5.69 Å². The molecule has 20 heavy (non-hydrogen) atoms. The monoisotopic (exact) mass is 275 g/mol. The fraction of sp³-hybridized carbons (Fsp3) is 0.562. The molecule has 0 aliphatic carbocycles. The molecule has 4 heteroatoms. The van der Waals surface area contributed by atoms with E-state index in [1.54, 1.807) is 0 Å². The van der Waals surface area contributed by atoms with E-state index in [2.05, 4.69) is 34.3 Å². The van der Waals surface area contributed by atoms with E-state index in [0.29, 0.717) is 0 Å². The van der Waals surface area contributed by atoms with Crippen LogP contribution in [0, 0.1) is 5.92 Å². The third-order valence-electron chi connectivity index (χ3n) is 3.67. The molecule has 1 N–H and O–H groups in total. The van der Waals surface area contributed by atoms with Gasteiger partial charge in [0.1, 0.15) is 0 Å². The van der Waals surface area contributed by atoms with E-state index in [4.69, 9.17) is 0 Å². The molecule has 110 valence electrons. The van der Waals surface area contributed by atoms with Crippen LogP contribution in [0.4, 0.5) is 0 Å². The number of hydrogen-bond acceptors (Lipinski definition) is 2. The highest BCUT2D eigenvalue weighted by Crippen LogP contribution is 2.21. The first-order valence-corrected chi connectivity index (χ1v) is 7.44. The minimum atomic E-state index is -0.390. The summed E-state index contributed by atoms with van der Waals surface area (Å²) in [7, 11) is 0.